The number of methoxy groups -OCH3 is 1. The van der Waals surface area contributed by atoms with E-state index < -0.39 is 54.6 Å². The normalized spacial score (nSPS) is 17.6. The molecular formula is C72H75N11O11. The number of urea groups is 1. The number of nitrogens with one attached hydrogen (secondary N) is 4. The maximum absolute atomic E-state index is 14.1. The number of imide groups is 1. The third kappa shape index (κ3) is 12.7. The van der Waals surface area contributed by atoms with Gasteiger partial charge in [0.15, 0.2) is 5.60 Å². The number of fused-ring (bicyclic) bond motifs is 5. The van der Waals surface area contributed by atoms with E-state index in [-0.39, 0.29) is 49.3 Å². The number of likely N-dealkylation sites (tertiary alicyclic amines) is 1. The lowest BCUT2D eigenvalue weighted by molar-refractivity contribution is -0.140. The van der Waals surface area contributed by atoms with Crippen LogP contribution in [0.4, 0.5) is 21.2 Å². The molecule has 1 saturated carbocycles. The minimum atomic E-state index is -1.59. The summed E-state index contributed by atoms with van der Waals surface area (Å²) in [5.74, 6) is 4.33. The van der Waals surface area contributed by atoms with E-state index in [4.69, 9.17) is 24.2 Å². The van der Waals surface area contributed by atoms with Crippen molar-refractivity contribution in [3.05, 3.63) is 172 Å². The Bertz CT molecular complexity index is 4310. The Morgan fingerprint density at radius 1 is 0.830 bits per heavy atom. The van der Waals surface area contributed by atoms with E-state index in [9.17, 15) is 39.0 Å². The van der Waals surface area contributed by atoms with Crippen molar-refractivity contribution >= 4 is 63.3 Å². The molecule has 5 amide bonds. The van der Waals surface area contributed by atoms with E-state index in [0.717, 1.165) is 125 Å². The summed E-state index contributed by atoms with van der Waals surface area (Å²) in [6.07, 6.45) is 7.21. The standard InChI is InChI=1S/C72H75N11O11/c1-71(75-31-11-12-45-19-24-61(92-3)60(38-45)82-35-28-62(85)83(70(82)91)44-74-66(88)59(40-63(86)87)77-69(90)93-42-57-52-17-9-7-15-50(52)51-16-8-10-18-53(51)57)29-36-80(37-30-71)48-26-33-81(34-27-48)68-76-58-23-20-46(56-41-79(2)67(89)64-54(56)25-32-73-64)39-55(58)65(78-68)72(43-84,94-49-21-22-49)47-13-5-4-6-14-47/h4-10,13-20,23-25,32,38-39,41,48-49,57,59,73,75,84H,21-22,26-31,33-37,40,42-44H2,1-3H3,(H,74,88)(H,77,90)(H,86,87). The van der Waals surface area contributed by atoms with Gasteiger partial charge >= 0.3 is 18.1 Å². The van der Waals surface area contributed by atoms with E-state index in [1.165, 1.54) is 12.0 Å². The van der Waals surface area contributed by atoms with Gasteiger partial charge in [-0.25, -0.2) is 24.5 Å². The number of benzene rings is 5. The highest BCUT2D eigenvalue weighted by atomic mass is 16.5. The lowest BCUT2D eigenvalue weighted by atomic mass is 9.87. The number of anilines is 2. The Morgan fingerprint density at radius 2 is 1.55 bits per heavy atom. The number of hydrogen-bond donors (Lipinski definition) is 6. The zero-order valence-corrected chi connectivity index (χ0v) is 52.7. The van der Waals surface area contributed by atoms with Crippen molar-refractivity contribution in [2.45, 2.75) is 93.5 Å². The molecule has 0 spiro atoms. The van der Waals surface area contributed by atoms with E-state index in [0.29, 0.717) is 46.7 Å². The minimum Gasteiger partial charge on any atom is -0.495 e. The van der Waals surface area contributed by atoms with Gasteiger partial charge in [-0.15, -0.1) is 0 Å². The number of aromatic nitrogens is 4. The van der Waals surface area contributed by atoms with Crippen LogP contribution in [0.2, 0.25) is 0 Å². The number of carboxylic acids is 1. The first kappa shape index (κ1) is 62.9. The Hall–Kier alpha value is -9.92. The molecule has 94 heavy (non-hydrogen) atoms. The summed E-state index contributed by atoms with van der Waals surface area (Å²) in [6.45, 7) is 5.00. The first-order valence-electron chi connectivity index (χ1n) is 32.1. The number of ether oxygens (including phenoxy) is 3. The number of piperidine rings is 2. The third-order valence-electron chi connectivity index (χ3n) is 19.2. The van der Waals surface area contributed by atoms with Crippen molar-refractivity contribution in [1.29, 1.82) is 0 Å². The molecule has 484 valence electrons. The Balaban J connectivity index is 0.621. The summed E-state index contributed by atoms with van der Waals surface area (Å²) in [5, 5.41) is 31.4. The number of rotatable bonds is 20. The van der Waals surface area contributed by atoms with Gasteiger partial charge in [-0.3, -0.25) is 24.1 Å². The second-order valence-electron chi connectivity index (χ2n) is 25.2. The van der Waals surface area contributed by atoms with Crippen LogP contribution in [0.5, 0.6) is 5.75 Å². The number of aliphatic hydroxyl groups is 1. The predicted molar refractivity (Wildman–Crippen MR) is 354 cm³/mol. The molecule has 22 nitrogen and oxygen atoms in total. The van der Waals surface area contributed by atoms with Crippen LogP contribution in [0, 0.1) is 11.8 Å². The first-order chi connectivity index (χ1) is 45.6. The Labute approximate surface area is 543 Å². The number of amides is 5. The molecule has 22 heteroatoms. The number of alkyl carbamates (subject to hydrolysis) is 1. The second-order valence-corrected chi connectivity index (χ2v) is 25.2. The van der Waals surface area contributed by atoms with Crippen molar-refractivity contribution in [3.8, 4) is 39.8 Å². The molecule has 8 aromatic rings. The van der Waals surface area contributed by atoms with Crippen molar-refractivity contribution in [1.82, 2.24) is 45.3 Å². The highest BCUT2D eigenvalue weighted by molar-refractivity contribution is 6.07. The lowest BCUT2D eigenvalue weighted by Gasteiger charge is -2.45. The van der Waals surface area contributed by atoms with Crippen molar-refractivity contribution < 1.29 is 48.4 Å². The van der Waals surface area contributed by atoms with Crippen LogP contribution in [0.3, 0.4) is 0 Å². The molecule has 13 rings (SSSR count). The zero-order chi connectivity index (χ0) is 65.3. The largest absolute Gasteiger partial charge is 0.495 e. The Kier molecular flexibility index (Phi) is 17.8. The number of aliphatic carboxylic acids is 1. The van der Waals surface area contributed by atoms with E-state index in [1.54, 1.807) is 36.0 Å². The van der Waals surface area contributed by atoms with Gasteiger partial charge in [-0.05, 0) is 115 Å². The summed E-state index contributed by atoms with van der Waals surface area (Å²) in [7, 11) is 3.22. The van der Waals surface area contributed by atoms with Gasteiger partial charge in [-0.1, -0.05) is 96.8 Å². The van der Waals surface area contributed by atoms with Crippen LogP contribution < -0.4 is 36.0 Å². The van der Waals surface area contributed by atoms with Gasteiger partial charge < -0.3 is 59.7 Å². The van der Waals surface area contributed by atoms with Gasteiger partial charge in [-0.2, -0.15) is 0 Å². The summed E-state index contributed by atoms with van der Waals surface area (Å²) in [5.41, 5.74) is 7.88. The van der Waals surface area contributed by atoms with Crippen molar-refractivity contribution in [3.63, 3.8) is 0 Å². The summed E-state index contributed by atoms with van der Waals surface area (Å²) in [6, 6.07) is 36.7. The Morgan fingerprint density at radius 3 is 2.26 bits per heavy atom. The zero-order valence-electron chi connectivity index (χ0n) is 52.7. The highest BCUT2D eigenvalue weighted by Crippen LogP contribution is 2.46. The maximum atomic E-state index is 14.1. The van der Waals surface area contributed by atoms with Crippen molar-refractivity contribution in [2.75, 3.05) is 76.1 Å². The fraction of sp³-hybridized carbons (Fsp3) is 0.361. The molecule has 6 heterocycles. The molecule has 2 atom stereocenters. The molecule has 0 radical (unpaired) electrons. The number of aliphatic hydroxyl groups excluding tert-OH is 1. The molecule has 3 aromatic heterocycles. The first-order valence-corrected chi connectivity index (χ1v) is 32.1. The molecule has 3 aliphatic heterocycles. The fourth-order valence-electron chi connectivity index (χ4n) is 13.8. The number of carbonyl (C=O) groups is 5. The van der Waals surface area contributed by atoms with Crippen LogP contribution in [0.15, 0.2) is 139 Å². The quantitative estimate of drug-likeness (QED) is 0.0395. The smallest absolute Gasteiger partial charge is 0.407 e. The molecule has 2 unspecified atom stereocenters. The molecular weight excluding hydrogens is 1190 g/mol. The molecule has 6 N–H and O–H groups in total. The summed E-state index contributed by atoms with van der Waals surface area (Å²) in [4.78, 5) is 99.9. The van der Waals surface area contributed by atoms with Gasteiger partial charge in [0.1, 0.15) is 30.6 Å². The van der Waals surface area contributed by atoms with E-state index >= 15 is 0 Å². The minimum absolute atomic E-state index is 0.0227. The highest BCUT2D eigenvalue weighted by Gasteiger charge is 2.45. The number of hydrogen-bond acceptors (Lipinski definition) is 15. The summed E-state index contributed by atoms with van der Waals surface area (Å²) >= 11 is 0. The SMILES string of the molecule is COc1ccc(C#CCNC2(C)CCN(C3CCN(c4nc(C(CO)(OC5CC5)c5ccccc5)c5cc(-c6cn(C)c(=O)c7[nH]ccc67)ccc5n4)CC3)CC2)cc1N1CCC(=O)N(CNC(=O)C(CC(=O)O)NC(=O)OCC2c3ccccc3-c3ccccc32)C1=O. The van der Waals surface area contributed by atoms with Crippen LogP contribution in [-0.2, 0) is 36.5 Å². The fourth-order valence-corrected chi connectivity index (χ4v) is 13.8. The second kappa shape index (κ2) is 26.6. The third-order valence-corrected chi connectivity index (χ3v) is 19.2. The number of aromatic amines is 1. The van der Waals surface area contributed by atoms with Crippen molar-refractivity contribution in [2.24, 2.45) is 7.05 Å². The van der Waals surface area contributed by atoms with Gasteiger partial charge in [0.05, 0.1) is 49.7 Å². The van der Waals surface area contributed by atoms with Crippen LogP contribution in [0.1, 0.15) is 92.2 Å². The molecule has 2 aliphatic carbocycles. The molecule has 0 bridgehead atoms. The number of pyridine rings is 1. The summed E-state index contributed by atoms with van der Waals surface area (Å²) < 4.78 is 19.8. The van der Waals surface area contributed by atoms with Gasteiger partial charge in [0.25, 0.3) is 5.56 Å². The van der Waals surface area contributed by atoms with E-state index in [2.05, 4.69) is 55.6 Å². The molecule has 5 aliphatic rings. The monoisotopic (exact) mass is 1270 g/mol. The number of carboxylic acid groups (broad SMARTS) is 1. The number of nitrogens with zero attached hydrogens (tertiary/aromatic N) is 7. The predicted octanol–water partition coefficient (Wildman–Crippen LogP) is 7.98. The molecule has 3 saturated heterocycles. The van der Waals surface area contributed by atoms with E-state index in [1.807, 2.05) is 103 Å². The topological polar surface area (TPSA) is 266 Å². The lowest BCUT2D eigenvalue weighted by Crippen LogP contribution is -2.57. The molecule has 4 fully saturated rings. The number of carbonyl (C=O) groups excluding carboxylic acids is 4. The van der Waals surface area contributed by atoms with Crippen LogP contribution >= 0.6 is 0 Å². The average Bonchev–Trinajstić information content (AvgIpc) is 1.11. The van der Waals surface area contributed by atoms with Crippen LogP contribution in [-0.4, -0.2) is 159 Å². The van der Waals surface area contributed by atoms with Gasteiger partial charge in [0, 0.05) is 98.0 Å². The number of aryl methyl sites for hydroxylation is 1. The number of H-pyrrole nitrogens is 1. The van der Waals surface area contributed by atoms with Crippen LogP contribution in [0.25, 0.3) is 44.1 Å². The average molecular weight is 1270 g/mol. The maximum Gasteiger partial charge on any atom is 0.407 e. The molecule has 5 aromatic carbocycles. The van der Waals surface area contributed by atoms with Gasteiger partial charge in [0.2, 0.25) is 17.8 Å².